The number of hydrogen-bond acceptors (Lipinski definition) is 6. The summed E-state index contributed by atoms with van der Waals surface area (Å²) in [5, 5.41) is 20.5. The molecule has 0 radical (unpaired) electrons. The van der Waals surface area contributed by atoms with Crippen molar-refractivity contribution in [3.8, 4) is 17.6 Å². The normalized spacial score (nSPS) is 18.8. The lowest BCUT2D eigenvalue weighted by Gasteiger charge is -2.42. The number of benzene rings is 2. The van der Waals surface area contributed by atoms with Gasteiger partial charge in [-0.25, -0.2) is 0 Å². The minimum atomic E-state index is -0.342. The monoisotopic (exact) mass is 421 g/mol. The molecule has 0 spiro atoms. The Kier molecular flexibility index (Phi) is 5.60. The fourth-order valence-corrected chi connectivity index (χ4v) is 5.03. The molecule has 1 amide bonds. The Morgan fingerprint density at radius 2 is 2.03 bits per heavy atom. The van der Waals surface area contributed by atoms with Gasteiger partial charge in [0.15, 0.2) is 11.5 Å². The maximum absolute atomic E-state index is 13.0. The summed E-state index contributed by atoms with van der Waals surface area (Å²) in [6.07, 6.45) is 1.20. The third-order valence-corrected chi connectivity index (χ3v) is 6.76. The second kappa shape index (κ2) is 8.33. The molecule has 7 heteroatoms. The number of phenolic OH excluding ortho intramolecular Hbond substituents is 1. The zero-order valence-electron chi connectivity index (χ0n) is 17.0. The van der Waals surface area contributed by atoms with Gasteiger partial charge in [-0.2, -0.15) is 5.26 Å². The summed E-state index contributed by atoms with van der Waals surface area (Å²) < 4.78 is 5.20. The van der Waals surface area contributed by atoms with E-state index in [1.807, 2.05) is 0 Å². The minimum Gasteiger partial charge on any atom is -0.504 e. The minimum absolute atomic E-state index is 0.0107. The van der Waals surface area contributed by atoms with Crippen LogP contribution in [0.1, 0.15) is 30.4 Å². The summed E-state index contributed by atoms with van der Waals surface area (Å²) in [6, 6.07) is 15.7. The van der Waals surface area contributed by atoms with Crippen LogP contribution in [0.4, 0.5) is 5.69 Å². The molecule has 1 N–H and O–H groups in total. The van der Waals surface area contributed by atoms with Crippen LogP contribution in [0, 0.1) is 11.3 Å². The zero-order valence-corrected chi connectivity index (χ0v) is 17.8. The third-order valence-electron chi connectivity index (χ3n) is 5.61. The molecule has 1 saturated heterocycles. The van der Waals surface area contributed by atoms with Crippen molar-refractivity contribution in [3.05, 3.63) is 64.2 Å². The molecule has 1 atom stereocenters. The lowest BCUT2D eigenvalue weighted by atomic mass is 9.86. The summed E-state index contributed by atoms with van der Waals surface area (Å²) in [5.41, 5.74) is 3.72. The topological polar surface area (TPSA) is 76.8 Å². The number of anilines is 1. The van der Waals surface area contributed by atoms with Crippen LogP contribution in [0.25, 0.3) is 0 Å². The fourth-order valence-electron chi connectivity index (χ4n) is 3.86. The molecule has 0 unspecified atom stereocenters. The molecule has 1 fully saturated rings. The molecule has 2 aliphatic rings. The number of nitrogens with zero attached hydrogens (tertiary/aromatic N) is 3. The van der Waals surface area contributed by atoms with Crippen LogP contribution in [0.3, 0.4) is 0 Å². The Morgan fingerprint density at radius 3 is 2.70 bits per heavy atom. The van der Waals surface area contributed by atoms with Gasteiger partial charge in [-0.15, -0.1) is 0 Å². The average molecular weight is 422 g/mol. The number of allylic oxidation sites excluding steroid dienone is 1. The standard InChI is InChI=1S/C23H23N3O3S/c1-3-15-4-7-17(8-5-15)25-13-26-22(28)11-18(19(12-24)23(26)30-14-25)16-6-9-20(27)21(10-16)29-2/h4-10,18,27H,3,11,13-14H2,1-2H3/t18-/m0/s1. The number of fused-ring (bicyclic) bond motifs is 1. The van der Waals surface area contributed by atoms with Crippen LogP contribution in [0.5, 0.6) is 11.5 Å². The first kappa shape index (κ1) is 20.2. The molecule has 30 heavy (non-hydrogen) atoms. The smallest absolute Gasteiger partial charge is 0.229 e. The van der Waals surface area contributed by atoms with E-state index >= 15 is 0 Å². The summed E-state index contributed by atoms with van der Waals surface area (Å²) >= 11 is 1.52. The van der Waals surface area contributed by atoms with E-state index in [4.69, 9.17) is 4.74 Å². The molecule has 6 nitrogen and oxygen atoms in total. The van der Waals surface area contributed by atoms with Crippen molar-refractivity contribution < 1.29 is 14.6 Å². The van der Waals surface area contributed by atoms with E-state index < -0.39 is 0 Å². The Morgan fingerprint density at radius 1 is 1.27 bits per heavy atom. The van der Waals surface area contributed by atoms with Gasteiger partial charge >= 0.3 is 0 Å². The van der Waals surface area contributed by atoms with Crippen molar-refractivity contribution in [2.45, 2.75) is 25.7 Å². The van der Waals surface area contributed by atoms with E-state index in [0.29, 0.717) is 23.9 Å². The van der Waals surface area contributed by atoms with Crippen LogP contribution in [0.15, 0.2) is 53.1 Å². The SMILES string of the molecule is CCc1ccc(N2CSC3=C(C#N)[C@H](c4ccc(O)c(OC)c4)CC(=O)N3C2)cc1. The van der Waals surface area contributed by atoms with Gasteiger partial charge in [0, 0.05) is 18.0 Å². The van der Waals surface area contributed by atoms with Crippen molar-refractivity contribution in [1.82, 2.24) is 4.90 Å². The van der Waals surface area contributed by atoms with Crippen LogP contribution < -0.4 is 9.64 Å². The maximum atomic E-state index is 13.0. The number of hydrogen-bond donors (Lipinski definition) is 1. The van der Waals surface area contributed by atoms with Crippen molar-refractivity contribution in [2.75, 3.05) is 24.6 Å². The van der Waals surface area contributed by atoms with Gasteiger partial charge in [-0.3, -0.25) is 9.69 Å². The highest BCUT2D eigenvalue weighted by molar-refractivity contribution is 8.03. The summed E-state index contributed by atoms with van der Waals surface area (Å²) in [7, 11) is 1.48. The predicted molar refractivity (Wildman–Crippen MR) is 117 cm³/mol. The van der Waals surface area contributed by atoms with Crippen molar-refractivity contribution in [3.63, 3.8) is 0 Å². The summed E-state index contributed by atoms with van der Waals surface area (Å²) in [4.78, 5) is 16.9. The van der Waals surface area contributed by atoms with E-state index in [1.165, 1.54) is 24.4 Å². The number of amides is 1. The first-order chi connectivity index (χ1) is 14.5. The molecule has 2 heterocycles. The third kappa shape index (κ3) is 3.59. The molecule has 2 aromatic rings. The van der Waals surface area contributed by atoms with E-state index in [2.05, 4.69) is 42.2 Å². The molecule has 2 aliphatic heterocycles. The molecule has 2 aromatic carbocycles. The van der Waals surface area contributed by atoms with Gasteiger partial charge in [-0.05, 0) is 41.8 Å². The average Bonchev–Trinajstić information content (AvgIpc) is 2.79. The first-order valence-electron chi connectivity index (χ1n) is 9.84. The van der Waals surface area contributed by atoms with Crippen LogP contribution >= 0.6 is 11.8 Å². The predicted octanol–water partition coefficient (Wildman–Crippen LogP) is 4.18. The molecule has 0 aromatic heterocycles. The lowest BCUT2D eigenvalue weighted by molar-refractivity contribution is -0.129. The van der Waals surface area contributed by atoms with E-state index in [-0.39, 0.29) is 24.0 Å². The highest BCUT2D eigenvalue weighted by atomic mass is 32.2. The molecule has 0 bridgehead atoms. The highest BCUT2D eigenvalue weighted by Gasteiger charge is 2.38. The second-order valence-corrected chi connectivity index (χ2v) is 8.25. The van der Waals surface area contributed by atoms with Gasteiger partial charge in [0.05, 0.1) is 36.3 Å². The molecular formula is C23H23N3O3S. The Bertz CT molecular complexity index is 1040. The highest BCUT2D eigenvalue weighted by Crippen LogP contribution is 2.44. The van der Waals surface area contributed by atoms with Crippen molar-refractivity contribution in [1.29, 1.82) is 5.26 Å². The number of aromatic hydroxyl groups is 1. The maximum Gasteiger partial charge on any atom is 0.229 e. The Hall–Kier alpha value is -3.11. The Labute approximate surface area is 180 Å². The van der Waals surface area contributed by atoms with Crippen molar-refractivity contribution >= 4 is 23.4 Å². The number of carbonyl (C=O) groups excluding carboxylic acids is 1. The van der Waals surface area contributed by atoms with Gasteiger partial charge in [-0.1, -0.05) is 36.9 Å². The van der Waals surface area contributed by atoms with Gasteiger partial charge in [0.25, 0.3) is 0 Å². The first-order valence-corrected chi connectivity index (χ1v) is 10.8. The number of phenols is 1. The van der Waals surface area contributed by atoms with E-state index in [1.54, 1.807) is 23.1 Å². The quantitative estimate of drug-likeness (QED) is 0.798. The molecule has 154 valence electrons. The fraction of sp³-hybridized carbons (Fsp3) is 0.304. The number of methoxy groups -OCH3 is 1. The lowest BCUT2D eigenvalue weighted by Crippen LogP contribution is -2.47. The van der Waals surface area contributed by atoms with Gasteiger partial charge in [0.1, 0.15) is 0 Å². The van der Waals surface area contributed by atoms with Crippen LogP contribution in [0.2, 0.25) is 0 Å². The second-order valence-electron chi connectivity index (χ2n) is 7.32. The summed E-state index contributed by atoms with van der Waals surface area (Å²) in [6.45, 7) is 2.56. The van der Waals surface area contributed by atoms with Crippen LogP contribution in [-0.2, 0) is 11.2 Å². The number of thioether (sulfide) groups is 1. The number of rotatable bonds is 4. The number of carbonyl (C=O) groups is 1. The van der Waals surface area contributed by atoms with Gasteiger partial charge in [0.2, 0.25) is 5.91 Å². The van der Waals surface area contributed by atoms with Gasteiger partial charge < -0.3 is 14.7 Å². The number of aryl methyl sites for hydroxylation is 1. The molecule has 4 rings (SSSR count). The van der Waals surface area contributed by atoms with Crippen molar-refractivity contribution in [2.24, 2.45) is 0 Å². The van der Waals surface area contributed by atoms with Crippen LogP contribution in [-0.4, -0.2) is 35.6 Å². The molecule has 0 saturated carbocycles. The zero-order chi connectivity index (χ0) is 21.3. The molecule has 0 aliphatic carbocycles. The number of ether oxygens (including phenoxy) is 1. The Balaban J connectivity index is 1.64. The molecular weight excluding hydrogens is 398 g/mol. The van der Waals surface area contributed by atoms with E-state index in [9.17, 15) is 15.2 Å². The van der Waals surface area contributed by atoms with E-state index in [0.717, 1.165) is 22.7 Å². The largest absolute Gasteiger partial charge is 0.504 e. The number of nitriles is 1. The summed E-state index contributed by atoms with van der Waals surface area (Å²) in [5.74, 6) is 0.687.